The summed E-state index contributed by atoms with van der Waals surface area (Å²) in [6.07, 6.45) is 4.36. The second-order valence-corrected chi connectivity index (χ2v) is 7.17. The van der Waals surface area contributed by atoms with E-state index in [4.69, 9.17) is 11.6 Å². The molecule has 0 bridgehead atoms. The fraction of sp³-hybridized carbons (Fsp3) is 0.467. The van der Waals surface area contributed by atoms with Gasteiger partial charge in [0.25, 0.3) is 0 Å². The molecule has 0 spiro atoms. The van der Waals surface area contributed by atoms with Crippen molar-refractivity contribution in [1.29, 1.82) is 0 Å². The zero-order valence-electron chi connectivity index (χ0n) is 10.7. The van der Waals surface area contributed by atoms with Crippen molar-refractivity contribution in [2.24, 2.45) is 5.41 Å². The van der Waals surface area contributed by atoms with Crippen molar-refractivity contribution in [3.8, 4) is 0 Å². The summed E-state index contributed by atoms with van der Waals surface area (Å²) in [6.45, 7) is 4.40. The first kappa shape index (κ1) is 14.1. The molecule has 0 saturated heterocycles. The smallest absolute Gasteiger partial charge is 0.0728 e. The van der Waals surface area contributed by atoms with E-state index in [2.05, 4.69) is 29.8 Å². The number of allylic oxidation sites excluding steroid dienone is 1. The van der Waals surface area contributed by atoms with E-state index in [9.17, 15) is 5.11 Å². The summed E-state index contributed by atoms with van der Waals surface area (Å²) in [5.41, 5.74) is 2.57. The molecule has 0 fully saturated rings. The standard InChI is InChI=1S/C15H18BrClO/c1-15(2)8-10(6-13(18)9-15)5-11-3-4-12(16)7-14(11)17/h3-4,6-7,13,18H,5,8-9H2,1-2H3. The number of hydrogen-bond donors (Lipinski definition) is 1. The lowest BCUT2D eigenvalue weighted by atomic mass is 9.75. The van der Waals surface area contributed by atoms with Crippen LogP contribution in [0.2, 0.25) is 5.02 Å². The number of rotatable bonds is 2. The predicted molar refractivity (Wildman–Crippen MR) is 80.0 cm³/mol. The average Bonchev–Trinajstić information content (AvgIpc) is 2.19. The van der Waals surface area contributed by atoms with Crippen LogP contribution < -0.4 is 0 Å². The number of benzene rings is 1. The molecule has 0 amide bonds. The first-order valence-corrected chi connectivity index (χ1v) is 7.34. The van der Waals surface area contributed by atoms with Crippen molar-refractivity contribution >= 4 is 27.5 Å². The molecule has 0 aliphatic heterocycles. The minimum atomic E-state index is -0.321. The molecular weight excluding hydrogens is 312 g/mol. The Morgan fingerprint density at radius 2 is 2.17 bits per heavy atom. The fourth-order valence-corrected chi connectivity index (χ4v) is 3.41. The van der Waals surface area contributed by atoms with E-state index in [0.29, 0.717) is 0 Å². The third kappa shape index (κ3) is 3.59. The summed E-state index contributed by atoms with van der Waals surface area (Å²) >= 11 is 9.65. The van der Waals surface area contributed by atoms with Crippen LogP contribution in [0.15, 0.2) is 34.3 Å². The molecule has 0 radical (unpaired) electrons. The summed E-state index contributed by atoms with van der Waals surface area (Å²) in [4.78, 5) is 0. The minimum Gasteiger partial charge on any atom is -0.389 e. The van der Waals surface area contributed by atoms with Crippen LogP contribution in [-0.2, 0) is 6.42 Å². The van der Waals surface area contributed by atoms with Gasteiger partial charge in [-0.05, 0) is 42.4 Å². The van der Waals surface area contributed by atoms with Crippen LogP contribution >= 0.6 is 27.5 Å². The maximum absolute atomic E-state index is 9.89. The molecule has 1 aliphatic carbocycles. The Morgan fingerprint density at radius 1 is 1.44 bits per heavy atom. The molecule has 2 rings (SSSR count). The fourth-order valence-electron chi connectivity index (χ4n) is 2.67. The maximum Gasteiger partial charge on any atom is 0.0728 e. The second-order valence-electron chi connectivity index (χ2n) is 5.85. The molecule has 18 heavy (non-hydrogen) atoms. The van der Waals surface area contributed by atoms with Crippen molar-refractivity contribution < 1.29 is 5.11 Å². The lowest BCUT2D eigenvalue weighted by Gasteiger charge is -2.32. The van der Waals surface area contributed by atoms with Gasteiger partial charge in [0, 0.05) is 9.50 Å². The van der Waals surface area contributed by atoms with E-state index in [-0.39, 0.29) is 11.5 Å². The van der Waals surface area contributed by atoms with Gasteiger partial charge in [-0.1, -0.05) is 59.1 Å². The van der Waals surface area contributed by atoms with E-state index in [1.54, 1.807) is 0 Å². The van der Waals surface area contributed by atoms with Crippen LogP contribution in [0.3, 0.4) is 0 Å². The Hall–Kier alpha value is -0.310. The molecule has 0 heterocycles. The molecule has 1 aromatic carbocycles. The largest absolute Gasteiger partial charge is 0.389 e. The average molecular weight is 330 g/mol. The van der Waals surface area contributed by atoms with Gasteiger partial charge in [0.2, 0.25) is 0 Å². The first-order valence-electron chi connectivity index (χ1n) is 6.17. The predicted octanol–water partition coefficient (Wildman–Crippen LogP) is 4.75. The molecule has 0 saturated carbocycles. The highest BCUT2D eigenvalue weighted by atomic mass is 79.9. The quantitative estimate of drug-likeness (QED) is 0.776. The van der Waals surface area contributed by atoms with Crippen molar-refractivity contribution in [3.05, 3.63) is 44.9 Å². The summed E-state index contributed by atoms with van der Waals surface area (Å²) in [5.74, 6) is 0. The van der Waals surface area contributed by atoms with Gasteiger partial charge in [-0.25, -0.2) is 0 Å². The Kier molecular flexibility index (Phi) is 4.20. The maximum atomic E-state index is 9.89. The molecule has 1 aromatic rings. The summed E-state index contributed by atoms with van der Waals surface area (Å²) in [7, 11) is 0. The van der Waals surface area contributed by atoms with Crippen LogP contribution in [-0.4, -0.2) is 11.2 Å². The van der Waals surface area contributed by atoms with Crippen molar-refractivity contribution in [2.75, 3.05) is 0 Å². The highest BCUT2D eigenvalue weighted by Crippen LogP contribution is 2.37. The lowest BCUT2D eigenvalue weighted by molar-refractivity contribution is 0.138. The van der Waals surface area contributed by atoms with Crippen LogP contribution in [0.25, 0.3) is 0 Å². The summed E-state index contributed by atoms with van der Waals surface area (Å²) < 4.78 is 0.995. The molecule has 1 aliphatic rings. The van der Waals surface area contributed by atoms with E-state index in [1.807, 2.05) is 24.3 Å². The molecule has 0 aromatic heterocycles. The zero-order chi connectivity index (χ0) is 13.3. The lowest BCUT2D eigenvalue weighted by Crippen LogP contribution is -2.25. The molecular formula is C15H18BrClO. The Balaban J connectivity index is 2.18. The van der Waals surface area contributed by atoms with Gasteiger partial charge >= 0.3 is 0 Å². The number of hydrogen-bond acceptors (Lipinski definition) is 1. The van der Waals surface area contributed by atoms with Gasteiger partial charge < -0.3 is 5.11 Å². The summed E-state index contributed by atoms with van der Waals surface area (Å²) in [5, 5.41) is 10.7. The zero-order valence-corrected chi connectivity index (χ0v) is 13.1. The van der Waals surface area contributed by atoms with E-state index >= 15 is 0 Å². The molecule has 1 N–H and O–H groups in total. The molecule has 3 heteroatoms. The number of aliphatic hydroxyl groups is 1. The number of aliphatic hydroxyl groups excluding tert-OH is 1. The normalized spacial score (nSPS) is 22.7. The van der Waals surface area contributed by atoms with Crippen molar-refractivity contribution in [1.82, 2.24) is 0 Å². The Morgan fingerprint density at radius 3 is 2.78 bits per heavy atom. The van der Waals surface area contributed by atoms with Crippen LogP contribution in [0, 0.1) is 5.41 Å². The van der Waals surface area contributed by atoms with Crippen LogP contribution in [0.5, 0.6) is 0 Å². The molecule has 98 valence electrons. The van der Waals surface area contributed by atoms with Gasteiger partial charge in [0.05, 0.1) is 6.10 Å². The first-order chi connectivity index (χ1) is 8.35. The van der Waals surface area contributed by atoms with Gasteiger partial charge in [0.1, 0.15) is 0 Å². The molecule has 1 atom stereocenters. The molecule has 1 unspecified atom stereocenters. The summed E-state index contributed by atoms with van der Waals surface area (Å²) in [6, 6.07) is 5.97. The van der Waals surface area contributed by atoms with Crippen molar-refractivity contribution in [3.63, 3.8) is 0 Å². The molecule has 1 nitrogen and oxygen atoms in total. The van der Waals surface area contributed by atoms with E-state index in [1.165, 1.54) is 5.57 Å². The highest BCUT2D eigenvalue weighted by Gasteiger charge is 2.27. The van der Waals surface area contributed by atoms with Crippen molar-refractivity contribution in [2.45, 2.75) is 39.2 Å². The monoisotopic (exact) mass is 328 g/mol. The SMILES string of the molecule is CC1(C)CC(Cc2ccc(Br)cc2Cl)=CC(O)C1. The number of halogens is 2. The topological polar surface area (TPSA) is 20.2 Å². The van der Waals surface area contributed by atoms with E-state index in [0.717, 1.165) is 34.3 Å². The minimum absolute atomic E-state index is 0.172. The highest BCUT2D eigenvalue weighted by molar-refractivity contribution is 9.10. The third-order valence-electron chi connectivity index (χ3n) is 3.33. The Labute approximate surface area is 122 Å². The second kappa shape index (κ2) is 5.36. The van der Waals surface area contributed by atoms with Crippen LogP contribution in [0.4, 0.5) is 0 Å². The Bertz CT molecular complexity index is 479. The van der Waals surface area contributed by atoms with E-state index < -0.39 is 0 Å². The van der Waals surface area contributed by atoms with Gasteiger partial charge in [-0.3, -0.25) is 0 Å². The van der Waals surface area contributed by atoms with Crippen LogP contribution in [0.1, 0.15) is 32.3 Å². The third-order valence-corrected chi connectivity index (χ3v) is 4.17. The van der Waals surface area contributed by atoms with Gasteiger partial charge in [-0.2, -0.15) is 0 Å². The van der Waals surface area contributed by atoms with Gasteiger partial charge in [0.15, 0.2) is 0 Å². The van der Waals surface area contributed by atoms with Gasteiger partial charge in [-0.15, -0.1) is 0 Å².